The predicted molar refractivity (Wildman–Crippen MR) is 90.1 cm³/mol. The van der Waals surface area contributed by atoms with E-state index in [0.717, 1.165) is 0 Å². The van der Waals surface area contributed by atoms with Gasteiger partial charge in [0.2, 0.25) is 11.5 Å². The number of Topliss-reactive ketones (excluding diaryl/α,β-unsaturated/α-hetero) is 1. The quantitative estimate of drug-likeness (QED) is 0.596. The zero-order chi connectivity index (χ0) is 17.0. The summed E-state index contributed by atoms with van der Waals surface area (Å²) in [5.41, 5.74) is -1.10. The summed E-state index contributed by atoms with van der Waals surface area (Å²) in [7, 11) is 0. The minimum absolute atomic E-state index is 0.104. The summed E-state index contributed by atoms with van der Waals surface area (Å²) < 4.78 is 29.2. The van der Waals surface area contributed by atoms with E-state index in [9.17, 15) is 9.18 Å². The average Bonchev–Trinajstić information content (AvgIpc) is 2.63. The van der Waals surface area contributed by atoms with Crippen molar-refractivity contribution in [2.45, 2.75) is 12.1 Å². The molecule has 0 unspecified atom stereocenters. The van der Waals surface area contributed by atoms with Gasteiger partial charge in [-0.05, 0) is 23.3 Å². The van der Waals surface area contributed by atoms with Gasteiger partial charge in [-0.3, -0.25) is 4.79 Å². The molecule has 0 bridgehead atoms. The first kappa shape index (κ1) is 16.1. The maximum atomic E-state index is 15.9. The number of alkyl halides is 1. The van der Waals surface area contributed by atoms with E-state index < -0.39 is 17.3 Å². The zero-order valence-corrected chi connectivity index (χ0v) is 13.0. The second-order valence-corrected chi connectivity index (χ2v) is 5.67. The van der Waals surface area contributed by atoms with Crippen LogP contribution < -0.4 is 0 Å². The first-order valence-corrected chi connectivity index (χ1v) is 7.68. The first-order chi connectivity index (χ1) is 11.6. The summed E-state index contributed by atoms with van der Waals surface area (Å²) in [6, 6.07) is 22.3. The summed E-state index contributed by atoms with van der Waals surface area (Å²) >= 11 is 0. The fraction of sp³-hybridized carbons (Fsp3) is 0.0952. The maximum absolute atomic E-state index is 15.9. The van der Waals surface area contributed by atoms with E-state index >= 15 is 4.39 Å². The normalized spacial score (nSPS) is 13.2. The van der Waals surface area contributed by atoms with E-state index in [1.807, 2.05) is 6.07 Å². The lowest BCUT2D eigenvalue weighted by atomic mass is 9.82. The van der Waals surface area contributed by atoms with Crippen molar-refractivity contribution in [3.8, 4) is 0 Å². The molecule has 24 heavy (non-hydrogen) atoms. The molecular formula is C21H16F2O. The Labute approximate surface area is 139 Å². The van der Waals surface area contributed by atoms with Gasteiger partial charge in [-0.25, -0.2) is 8.78 Å². The first-order valence-electron chi connectivity index (χ1n) is 7.68. The second-order valence-electron chi connectivity index (χ2n) is 5.67. The summed E-state index contributed by atoms with van der Waals surface area (Å²) in [4.78, 5) is 12.9. The van der Waals surface area contributed by atoms with Crippen LogP contribution >= 0.6 is 0 Å². The Morgan fingerprint density at radius 1 is 0.792 bits per heavy atom. The number of carbonyl (C=O) groups excluding carboxylic acids is 1. The highest BCUT2D eigenvalue weighted by Gasteiger charge is 2.41. The third-order valence-corrected chi connectivity index (χ3v) is 3.99. The maximum Gasteiger partial charge on any atom is 0.204 e. The molecule has 120 valence electrons. The van der Waals surface area contributed by atoms with Crippen LogP contribution in [0.25, 0.3) is 0 Å². The lowest BCUT2D eigenvalue weighted by molar-refractivity contribution is 0.0676. The number of hydrogen-bond donors (Lipinski definition) is 0. The molecule has 0 saturated heterocycles. The fourth-order valence-corrected chi connectivity index (χ4v) is 2.72. The number of ketones is 1. The summed E-state index contributed by atoms with van der Waals surface area (Å²) in [6.45, 7) is 0. The van der Waals surface area contributed by atoms with Crippen molar-refractivity contribution in [1.82, 2.24) is 0 Å². The van der Waals surface area contributed by atoms with Crippen LogP contribution in [0.5, 0.6) is 0 Å². The van der Waals surface area contributed by atoms with Gasteiger partial charge in [-0.2, -0.15) is 0 Å². The van der Waals surface area contributed by atoms with Gasteiger partial charge in [0.1, 0.15) is 5.82 Å². The van der Waals surface area contributed by atoms with E-state index in [-0.39, 0.29) is 12.0 Å². The molecular weight excluding hydrogens is 306 g/mol. The Kier molecular flexibility index (Phi) is 4.52. The Morgan fingerprint density at radius 2 is 1.33 bits per heavy atom. The molecule has 0 spiro atoms. The molecule has 0 aliphatic carbocycles. The molecule has 3 rings (SSSR count). The van der Waals surface area contributed by atoms with Gasteiger partial charge in [0.25, 0.3) is 0 Å². The van der Waals surface area contributed by atoms with Gasteiger partial charge in [-0.1, -0.05) is 72.8 Å². The Hall–Kier alpha value is -2.81. The van der Waals surface area contributed by atoms with Crippen LogP contribution in [-0.2, 0) is 12.1 Å². The molecule has 3 aromatic rings. The number of halogens is 2. The highest BCUT2D eigenvalue weighted by molar-refractivity contribution is 6.03. The van der Waals surface area contributed by atoms with Crippen LogP contribution in [0.2, 0.25) is 0 Å². The Bertz CT molecular complexity index is 813. The third-order valence-electron chi connectivity index (χ3n) is 3.99. The topological polar surface area (TPSA) is 17.1 Å². The number of rotatable bonds is 5. The van der Waals surface area contributed by atoms with Crippen molar-refractivity contribution in [2.75, 3.05) is 0 Å². The molecule has 0 radical (unpaired) electrons. The van der Waals surface area contributed by atoms with Crippen molar-refractivity contribution < 1.29 is 13.6 Å². The zero-order valence-electron chi connectivity index (χ0n) is 13.0. The van der Waals surface area contributed by atoms with E-state index in [1.165, 1.54) is 24.3 Å². The third kappa shape index (κ3) is 3.25. The van der Waals surface area contributed by atoms with Crippen LogP contribution in [0.15, 0.2) is 84.9 Å². The standard InChI is InChI=1S/C21H16F2O/c22-19-13-11-18(12-14-19)21(23,15-16-7-3-1-4-8-16)20(24)17-9-5-2-6-10-17/h1-14H,15H2/t21-/m0/s1. The van der Waals surface area contributed by atoms with E-state index in [0.29, 0.717) is 11.1 Å². The number of carbonyl (C=O) groups is 1. The lowest BCUT2D eigenvalue weighted by Crippen LogP contribution is -2.33. The minimum Gasteiger partial charge on any atom is -0.290 e. The smallest absolute Gasteiger partial charge is 0.204 e. The molecule has 3 aromatic carbocycles. The van der Waals surface area contributed by atoms with Crippen molar-refractivity contribution in [2.24, 2.45) is 0 Å². The number of hydrogen-bond acceptors (Lipinski definition) is 1. The molecule has 1 atom stereocenters. The predicted octanol–water partition coefficient (Wildman–Crippen LogP) is 5.12. The largest absolute Gasteiger partial charge is 0.290 e. The van der Waals surface area contributed by atoms with Gasteiger partial charge in [0, 0.05) is 12.0 Å². The van der Waals surface area contributed by atoms with Crippen LogP contribution in [0.1, 0.15) is 21.5 Å². The van der Waals surface area contributed by atoms with Crippen LogP contribution in [0.4, 0.5) is 8.78 Å². The monoisotopic (exact) mass is 322 g/mol. The molecule has 0 aromatic heterocycles. The highest BCUT2D eigenvalue weighted by Crippen LogP contribution is 2.34. The second kappa shape index (κ2) is 6.75. The van der Waals surface area contributed by atoms with Crippen molar-refractivity contribution in [1.29, 1.82) is 0 Å². The van der Waals surface area contributed by atoms with Gasteiger partial charge >= 0.3 is 0 Å². The van der Waals surface area contributed by atoms with Gasteiger partial charge < -0.3 is 0 Å². The summed E-state index contributed by atoms with van der Waals surface area (Å²) in [6.07, 6.45) is -0.104. The van der Waals surface area contributed by atoms with Gasteiger partial charge in [0.15, 0.2) is 0 Å². The molecule has 0 fully saturated rings. The van der Waals surface area contributed by atoms with E-state index in [1.54, 1.807) is 54.6 Å². The van der Waals surface area contributed by atoms with Crippen molar-refractivity contribution in [3.63, 3.8) is 0 Å². The van der Waals surface area contributed by atoms with Crippen LogP contribution in [-0.4, -0.2) is 5.78 Å². The Morgan fingerprint density at radius 3 is 1.92 bits per heavy atom. The lowest BCUT2D eigenvalue weighted by Gasteiger charge is -2.25. The molecule has 3 heteroatoms. The molecule has 0 amide bonds. The molecule has 0 aliphatic rings. The highest BCUT2D eigenvalue weighted by atomic mass is 19.1. The molecule has 0 aliphatic heterocycles. The average molecular weight is 322 g/mol. The molecule has 0 N–H and O–H groups in total. The molecule has 0 heterocycles. The SMILES string of the molecule is O=C(c1ccccc1)[C@](F)(Cc1ccccc1)c1ccc(F)cc1. The molecule has 0 saturated carbocycles. The minimum atomic E-state index is -2.25. The van der Waals surface area contributed by atoms with E-state index in [4.69, 9.17) is 0 Å². The van der Waals surface area contributed by atoms with Gasteiger partial charge in [-0.15, -0.1) is 0 Å². The molecule has 1 nitrogen and oxygen atoms in total. The number of benzene rings is 3. The van der Waals surface area contributed by atoms with Crippen molar-refractivity contribution in [3.05, 3.63) is 107 Å². The van der Waals surface area contributed by atoms with Crippen molar-refractivity contribution >= 4 is 5.78 Å². The Balaban J connectivity index is 2.06. The fourth-order valence-electron chi connectivity index (χ4n) is 2.72. The van der Waals surface area contributed by atoms with Crippen LogP contribution in [0, 0.1) is 5.82 Å². The summed E-state index contributed by atoms with van der Waals surface area (Å²) in [5.74, 6) is -1.09. The van der Waals surface area contributed by atoms with Crippen LogP contribution in [0.3, 0.4) is 0 Å². The summed E-state index contributed by atoms with van der Waals surface area (Å²) in [5, 5.41) is 0. The van der Waals surface area contributed by atoms with E-state index in [2.05, 4.69) is 0 Å². The van der Waals surface area contributed by atoms with Gasteiger partial charge in [0.05, 0.1) is 0 Å².